The number of pyridine rings is 1. The molecule has 0 fully saturated rings. The lowest BCUT2D eigenvalue weighted by Crippen LogP contribution is -1.87. The number of furan rings is 1. The molecule has 0 atom stereocenters. The Kier molecular flexibility index (Phi) is 4.13. The Hall–Kier alpha value is -4.47. The quantitative estimate of drug-likeness (QED) is 0.248. The molecular formula is C33H19NOS. The highest BCUT2D eigenvalue weighted by atomic mass is 32.1. The van der Waals surface area contributed by atoms with Crippen LogP contribution in [0.1, 0.15) is 0 Å². The predicted octanol–water partition coefficient (Wildman–Crippen LogP) is 9.84. The Bertz CT molecular complexity index is 2110. The van der Waals surface area contributed by atoms with Gasteiger partial charge < -0.3 is 4.42 Å². The Morgan fingerprint density at radius 1 is 0.500 bits per heavy atom. The van der Waals surface area contributed by atoms with Gasteiger partial charge in [-0.1, -0.05) is 66.7 Å². The van der Waals surface area contributed by atoms with Crippen molar-refractivity contribution in [2.75, 3.05) is 0 Å². The van der Waals surface area contributed by atoms with E-state index in [0.29, 0.717) is 0 Å². The smallest absolute Gasteiger partial charge is 0.136 e. The zero-order valence-corrected chi connectivity index (χ0v) is 20.0. The predicted molar refractivity (Wildman–Crippen MR) is 153 cm³/mol. The van der Waals surface area contributed by atoms with Crippen molar-refractivity contribution in [3.8, 4) is 22.4 Å². The van der Waals surface area contributed by atoms with Gasteiger partial charge in [-0.2, -0.15) is 0 Å². The Balaban J connectivity index is 1.31. The molecule has 0 radical (unpaired) electrons. The summed E-state index contributed by atoms with van der Waals surface area (Å²) in [6.07, 6.45) is 1.89. The molecule has 3 aromatic heterocycles. The van der Waals surface area contributed by atoms with E-state index in [4.69, 9.17) is 9.40 Å². The molecule has 3 heteroatoms. The number of hydrogen-bond acceptors (Lipinski definition) is 3. The number of thiophene rings is 1. The first kappa shape index (κ1) is 19.8. The highest BCUT2D eigenvalue weighted by Crippen LogP contribution is 2.40. The highest BCUT2D eigenvalue weighted by Gasteiger charge is 2.13. The molecule has 8 rings (SSSR count). The molecule has 0 spiro atoms. The van der Waals surface area contributed by atoms with E-state index in [9.17, 15) is 0 Å². The fourth-order valence-corrected chi connectivity index (χ4v) is 6.49. The lowest BCUT2D eigenvalue weighted by atomic mass is 9.98. The third kappa shape index (κ3) is 2.93. The molecule has 0 saturated heterocycles. The maximum atomic E-state index is 6.29. The zero-order valence-electron chi connectivity index (χ0n) is 19.2. The van der Waals surface area contributed by atoms with E-state index >= 15 is 0 Å². The van der Waals surface area contributed by atoms with E-state index in [1.54, 1.807) is 0 Å². The summed E-state index contributed by atoms with van der Waals surface area (Å²) in [5.41, 5.74) is 6.32. The third-order valence-electron chi connectivity index (χ3n) is 7.11. The van der Waals surface area contributed by atoms with Crippen LogP contribution in [0.5, 0.6) is 0 Å². The summed E-state index contributed by atoms with van der Waals surface area (Å²) < 4.78 is 8.86. The van der Waals surface area contributed by atoms with Gasteiger partial charge in [0.15, 0.2) is 0 Å². The molecule has 8 aromatic rings. The number of aromatic nitrogens is 1. The van der Waals surface area contributed by atoms with Crippen molar-refractivity contribution in [3.63, 3.8) is 0 Å². The van der Waals surface area contributed by atoms with Crippen molar-refractivity contribution in [1.82, 2.24) is 4.98 Å². The molecule has 0 bridgehead atoms. The Morgan fingerprint density at radius 3 is 2.28 bits per heavy atom. The van der Waals surface area contributed by atoms with Gasteiger partial charge in [-0.25, -0.2) is 0 Å². The van der Waals surface area contributed by atoms with Gasteiger partial charge in [0.2, 0.25) is 0 Å². The molecule has 5 aromatic carbocycles. The van der Waals surface area contributed by atoms with Gasteiger partial charge >= 0.3 is 0 Å². The first-order chi connectivity index (χ1) is 17.8. The molecule has 2 nitrogen and oxygen atoms in total. The number of nitrogens with zero attached hydrogens (tertiary/aromatic N) is 1. The van der Waals surface area contributed by atoms with Crippen LogP contribution >= 0.6 is 11.3 Å². The summed E-state index contributed by atoms with van der Waals surface area (Å²) in [6.45, 7) is 0. The molecule has 0 saturated carbocycles. The molecule has 0 amide bonds. The fourth-order valence-electron chi connectivity index (χ4n) is 5.37. The van der Waals surface area contributed by atoms with E-state index in [2.05, 4.69) is 109 Å². The summed E-state index contributed by atoms with van der Waals surface area (Å²) in [5, 5.41) is 7.27. The van der Waals surface area contributed by atoms with Gasteiger partial charge in [-0.3, -0.25) is 4.98 Å². The van der Waals surface area contributed by atoms with Crippen LogP contribution in [0.4, 0.5) is 0 Å². The fraction of sp³-hybridized carbons (Fsp3) is 0. The first-order valence-electron chi connectivity index (χ1n) is 12.0. The minimum absolute atomic E-state index is 0.919. The van der Waals surface area contributed by atoms with Crippen molar-refractivity contribution in [2.45, 2.75) is 0 Å². The molecular weight excluding hydrogens is 458 g/mol. The minimum Gasteiger partial charge on any atom is -0.456 e. The molecule has 0 aliphatic rings. The summed E-state index contributed by atoms with van der Waals surface area (Å²) in [5.74, 6) is 0. The van der Waals surface area contributed by atoms with Crippen LogP contribution in [0.2, 0.25) is 0 Å². The molecule has 36 heavy (non-hydrogen) atoms. The topological polar surface area (TPSA) is 26.0 Å². The Morgan fingerprint density at radius 2 is 1.31 bits per heavy atom. The van der Waals surface area contributed by atoms with E-state index in [-0.39, 0.29) is 0 Å². The second-order valence-corrected chi connectivity index (χ2v) is 10.3. The van der Waals surface area contributed by atoms with Crippen LogP contribution in [-0.2, 0) is 0 Å². The van der Waals surface area contributed by atoms with Gasteiger partial charge in [0.05, 0.1) is 5.69 Å². The minimum atomic E-state index is 0.919. The van der Waals surface area contributed by atoms with Gasteiger partial charge in [0, 0.05) is 48.1 Å². The summed E-state index contributed by atoms with van der Waals surface area (Å²) >= 11 is 1.82. The van der Waals surface area contributed by atoms with E-state index in [1.807, 2.05) is 17.5 Å². The van der Waals surface area contributed by atoms with Crippen LogP contribution in [0, 0.1) is 0 Å². The van der Waals surface area contributed by atoms with Gasteiger partial charge in [0.1, 0.15) is 11.2 Å². The highest BCUT2D eigenvalue weighted by molar-refractivity contribution is 7.25. The van der Waals surface area contributed by atoms with E-state index in [1.165, 1.54) is 42.1 Å². The van der Waals surface area contributed by atoms with Crippen molar-refractivity contribution < 1.29 is 4.42 Å². The normalized spacial score (nSPS) is 11.9. The van der Waals surface area contributed by atoms with Crippen LogP contribution in [0.3, 0.4) is 0 Å². The first-order valence-corrected chi connectivity index (χ1v) is 12.9. The number of fused-ring (bicyclic) bond motifs is 7. The van der Waals surface area contributed by atoms with Gasteiger partial charge in [0.25, 0.3) is 0 Å². The maximum absolute atomic E-state index is 6.29. The number of benzene rings is 5. The van der Waals surface area contributed by atoms with Crippen molar-refractivity contribution in [1.29, 1.82) is 0 Å². The average molecular weight is 478 g/mol. The average Bonchev–Trinajstić information content (AvgIpc) is 3.48. The molecule has 0 aliphatic heterocycles. The van der Waals surface area contributed by atoms with Gasteiger partial charge in [-0.05, 0) is 59.0 Å². The molecule has 168 valence electrons. The second kappa shape index (κ2) is 7.51. The van der Waals surface area contributed by atoms with Crippen LogP contribution in [-0.4, -0.2) is 4.98 Å². The van der Waals surface area contributed by atoms with Crippen molar-refractivity contribution in [3.05, 3.63) is 115 Å². The summed E-state index contributed by atoms with van der Waals surface area (Å²) in [7, 11) is 0. The molecule has 3 heterocycles. The second-order valence-electron chi connectivity index (χ2n) is 9.22. The zero-order chi connectivity index (χ0) is 23.6. The van der Waals surface area contributed by atoms with E-state index in [0.717, 1.165) is 33.2 Å². The molecule has 0 aliphatic carbocycles. The van der Waals surface area contributed by atoms with Crippen molar-refractivity contribution >= 4 is 64.2 Å². The SMILES string of the molecule is c1cc(-c2ccc3oc4cc5sc6ccccc6c5cc4c3c2)cc(-c2nccc3ccccc23)c1. The number of hydrogen-bond donors (Lipinski definition) is 0. The van der Waals surface area contributed by atoms with Crippen LogP contribution < -0.4 is 0 Å². The van der Waals surface area contributed by atoms with E-state index < -0.39 is 0 Å². The third-order valence-corrected chi connectivity index (χ3v) is 8.25. The summed E-state index contributed by atoms with van der Waals surface area (Å²) in [6, 6.07) is 38.8. The lowest BCUT2D eigenvalue weighted by Gasteiger charge is -2.08. The van der Waals surface area contributed by atoms with Gasteiger partial charge in [-0.15, -0.1) is 11.3 Å². The summed E-state index contributed by atoms with van der Waals surface area (Å²) in [4.78, 5) is 4.73. The molecule has 0 unspecified atom stereocenters. The standard InChI is InChI=1S/C33H19NOS/c1-2-9-24-20(6-1)14-15-34-33(24)23-8-5-7-21(16-23)22-12-13-29-26(17-22)27-18-28-25-10-3-4-11-31(25)36-32(28)19-30(27)35-29/h1-19H. The molecule has 0 N–H and O–H groups in total. The number of rotatable bonds is 2. The van der Waals surface area contributed by atoms with Crippen LogP contribution in [0.25, 0.3) is 75.3 Å². The van der Waals surface area contributed by atoms with Crippen molar-refractivity contribution in [2.24, 2.45) is 0 Å². The lowest BCUT2D eigenvalue weighted by molar-refractivity contribution is 0.669. The van der Waals surface area contributed by atoms with Crippen LogP contribution in [0.15, 0.2) is 120 Å². The largest absolute Gasteiger partial charge is 0.456 e. The maximum Gasteiger partial charge on any atom is 0.136 e. The monoisotopic (exact) mass is 477 g/mol. The Labute approximate surface area is 211 Å².